The number of rotatable bonds is 5. The van der Waals surface area contributed by atoms with Gasteiger partial charge in [-0.15, -0.1) is 0 Å². The van der Waals surface area contributed by atoms with Crippen molar-refractivity contribution in [3.8, 4) is 11.5 Å². The molecule has 0 heterocycles. The minimum atomic E-state index is -0.385. The molecule has 0 spiro atoms. The van der Waals surface area contributed by atoms with Crippen LogP contribution >= 0.6 is 15.9 Å². The van der Waals surface area contributed by atoms with Crippen molar-refractivity contribution in [2.75, 3.05) is 6.61 Å². The zero-order chi connectivity index (χ0) is 15.1. The molecule has 0 radical (unpaired) electrons. The van der Waals surface area contributed by atoms with Crippen molar-refractivity contribution in [1.82, 2.24) is 5.43 Å². The van der Waals surface area contributed by atoms with Gasteiger partial charge in [0.25, 0.3) is 5.91 Å². The molecule has 5 nitrogen and oxygen atoms in total. The molecule has 2 rings (SSSR count). The fourth-order valence-corrected chi connectivity index (χ4v) is 1.88. The number of hydrazone groups is 1. The van der Waals surface area contributed by atoms with Gasteiger partial charge in [-0.25, -0.2) is 5.43 Å². The molecular weight excluding hydrogens is 336 g/mol. The van der Waals surface area contributed by atoms with Gasteiger partial charge >= 0.3 is 0 Å². The quantitative estimate of drug-likeness (QED) is 0.644. The number of hydrogen-bond acceptors (Lipinski definition) is 4. The van der Waals surface area contributed by atoms with Crippen LogP contribution in [-0.2, 0) is 4.79 Å². The van der Waals surface area contributed by atoms with Crippen molar-refractivity contribution in [2.24, 2.45) is 5.10 Å². The molecule has 0 atom stereocenters. The molecule has 0 aliphatic rings. The maximum atomic E-state index is 11.5. The third-order valence-electron chi connectivity index (χ3n) is 2.50. The standard InChI is InChI=1S/C15H13BrN2O3/c16-12-6-7-14(19)11(8-12)9-17-18-15(20)10-21-13-4-2-1-3-5-13/h1-9,19H,10H2,(H,18,20). The fraction of sp³-hybridized carbons (Fsp3) is 0.0667. The normalized spacial score (nSPS) is 10.5. The smallest absolute Gasteiger partial charge is 0.277 e. The van der Waals surface area contributed by atoms with Crippen molar-refractivity contribution in [2.45, 2.75) is 0 Å². The average Bonchev–Trinajstić information content (AvgIpc) is 2.50. The number of benzene rings is 2. The van der Waals surface area contributed by atoms with Gasteiger partial charge in [0.1, 0.15) is 11.5 Å². The van der Waals surface area contributed by atoms with Crippen molar-refractivity contribution >= 4 is 28.1 Å². The Hall–Kier alpha value is -2.34. The molecule has 0 bridgehead atoms. The summed E-state index contributed by atoms with van der Waals surface area (Å²) >= 11 is 3.29. The van der Waals surface area contributed by atoms with Gasteiger partial charge in [-0.1, -0.05) is 34.1 Å². The predicted molar refractivity (Wildman–Crippen MR) is 83.5 cm³/mol. The molecule has 2 aromatic rings. The first-order valence-corrected chi connectivity index (χ1v) is 6.93. The van der Waals surface area contributed by atoms with Gasteiger partial charge in [-0.2, -0.15) is 5.10 Å². The Kier molecular flexibility index (Phi) is 5.34. The molecule has 1 amide bonds. The number of amides is 1. The Morgan fingerprint density at radius 3 is 2.81 bits per heavy atom. The second-order valence-corrected chi connectivity index (χ2v) is 5.01. The SMILES string of the molecule is O=C(COc1ccccc1)NN=Cc1cc(Br)ccc1O. The second kappa shape index (κ2) is 7.44. The van der Waals surface area contributed by atoms with Gasteiger partial charge in [0, 0.05) is 10.0 Å². The highest BCUT2D eigenvalue weighted by Gasteiger charge is 2.02. The molecule has 0 fully saturated rings. The van der Waals surface area contributed by atoms with Crippen LogP contribution in [0.15, 0.2) is 58.1 Å². The van der Waals surface area contributed by atoms with Crippen LogP contribution in [-0.4, -0.2) is 23.8 Å². The molecule has 21 heavy (non-hydrogen) atoms. The Bertz CT molecular complexity index is 645. The van der Waals surface area contributed by atoms with E-state index in [0.29, 0.717) is 11.3 Å². The second-order valence-electron chi connectivity index (χ2n) is 4.10. The molecule has 0 aliphatic heterocycles. The van der Waals surface area contributed by atoms with Crippen LogP contribution in [0.3, 0.4) is 0 Å². The maximum Gasteiger partial charge on any atom is 0.277 e. The number of carbonyl (C=O) groups excluding carboxylic acids is 1. The van der Waals surface area contributed by atoms with E-state index >= 15 is 0 Å². The van der Waals surface area contributed by atoms with Crippen molar-refractivity contribution in [1.29, 1.82) is 0 Å². The maximum absolute atomic E-state index is 11.5. The van der Waals surface area contributed by atoms with Crippen LogP contribution in [0, 0.1) is 0 Å². The fourth-order valence-electron chi connectivity index (χ4n) is 1.50. The summed E-state index contributed by atoms with van der Waals surface area (Å²) in [5, 5.41) is 13.4. The molecule has 0 aliphatic carbocycles. The number of nitrogens with zero attached hydrogens (tertiary/aromatic N) is 1. The molecule has 2 N–H and O–H groups in total. The summed E-state index contributed by atoms with van der Waals surface area (Å²) in [6.45, 7) is -0.133. The van der Waals surface area contributed by atoms with E-state index in [-0.39, 0.29) is 18.3 Å². The van der Waals surface area contributed by atoms with Crippen LogP contribution in [0.5, 0.6) is 11.5 Å². The number of nitrogens with one attached hydrogen (secondary N) is 1. The van der Waals surface area contributed by atoms with Gasteiger partial charge in [0.05, 0.1) is 6.21 Å². The zero-order valence-electron chi connectivity index (χ0n) is 11.0. The lowest BCUT2D eigenvalue weighted by molar-refractivity contribution is -0.123. The monoisotopic (exact) mass is 348 g/mol. The molecule has 6 heteroatoms. The van der Waals surface area contributed by atoms with Crippen molar-refractivity contribution < 1.29 is 14.6 Å². The minimum absolute atomic E-state index is 0.0803. The average molecular weight is 349 g/mol. The lowest BCUT2D eigenvalue weighted by Crippen LogP contribution is -2.24. The highest BCUT2D eigenvalue weighted by atomic mass is 79.9. The summed E-state index contributed by atoms with van der Waals surface area (Å²) in [6, 6.07) is 14.0. The summed E-state index contributed by atoms with van der Waals surface area (Å²) in [5.74, 6) is 0.308. The molecule has 0 unspecified atom stereocenters. The van der Waals surface area contributed by atoms with Gasteiger partial charge < -0.3 is 9.84 Å². The van der Waals surface area contributed by atoms with Gasteiger partial charge in [-0.3, -0.25) is 4.79 Å². The molecule has 2 aromatic carbocycles. The Balaban J connectivity index is 1.83. The number of phenols is 1. The van der Waals surface area contributed by atoms with Crippen LogP contribution in [0.25, 0.3) is 0 Å². The summed E-state index contributed by atoms with van der Waals surface area (Å²) in [5.41, 5.74) is 2.82. The van der Waals surface area contributed by atoms with E-state index in [2.05, 4.69) is 26.5 Å². The Morgan fingerprint density at radius 2 is 2.05 bits per heavy atom. The number of para-hydroxylation sites is 1. The van der Waals surface area contributed by atoms with Gasteiger partial charge in [-0.05, 0) is 30.3 Å². The van der Waals surface area contributed by atoms with Gasteiger partial charge in [0.2, 0.25) is 0 Å². The number of aromatic hydroxyl groups is 1. The predicted octanol–water partition coefficient (Wildman–Crippen LogP) is 2.68. The molecule has 108 valence electrons. The van der Waals surface area contributed by atoms with E-state index < -0.39 is 0 Å². The summed E-state index contributed by atoms with van der Waals surface area (Å²) < 4.78 is 6.08. The van der Waals surface area contributed by atoms with E-state index in [4.69, 9.17) is 4.74 Å². The van der Waals surface area contributed by atoms with E-state index in [1.54, 1.807) is 24.3 Å². The Morgan fingerprint density at radius 1 is 1.29 bits per heavy atom. The summed E-state index contributed by atoms with van der Waals surface area (Å²) in [7, 11) is 0. The minimum Gasteiger partial charge on any atom is -0.507 e. The highest BCUT2D eigenvalue weighted by molar-refractivity contribution is 9.10. The first-order chi connectivity index (χ1) is 10.1. The van der Waals surface area contributed by atoms with Crippen LogP contribution in [0.2, 0.25) is 0 Å². The Labute approximate surface area is 130 Å². The van der Waals surface area contributed by atoms with Crippen molar-refractivity contribution in [3.05, 3.63) is 58.6 Å². The number of phenolic OH excluding ortho intramolecular Hbond substituents is 1. The largest absolute Gasteiger partial charge is 0.507 e. The first-order valence-electron chi connectivity index (χ1n) is 6.13. The first kappa shape index (κ1) is 15.1. The lowest BCUT2D eigenvalue weighted by atomic mass is 10.2. The van der Waals surface area contributed by atoms with Gasteiger partial charge in [0.15, 0.2) is 6.61 Å². The summed E-state index contributed by atoms with van der Waals surface area (Å²) in [6.07, 6.45) is 1.36. The third-order valence-corrected chi connectivity index (χ3v) is 2.99. The topological polar surface area (TPSA) is 70.9 Å². The molecular formula is C15H13BrN2O3. The van der Waals surface area contributed by atoms with E-state index in [1.807, 2.05) is 18.2 Å². The van der Waals surface area contributed by atoms with Crippen LogP contribution in [0.4, 0.5) is 0 Å². The molecule has 0 saturated heterocycles. The lowest BCUT2D eigenvalue weighted by Gasteiger charge is -2.04. The molecule has 0 saturated carbocycles. The number of ether oxygens (including phenoxy) is 1. The third kappa shape index (κ3) is 4.92. The van der Waals surface area contributed by atoms with E-state index in [0.717, 1.165) is 4.47 Å². The summed E-state index contributed by atoms with van der Waals surface area (Å²) in [4.78, 5) is 11.5. The van der Waals surface area contributed by atoms with E-state index in [9.17, 15) is 9.90 Å². The zero-order valence-corrected chi connectivity index (χ0v) is 12.6. The molecule has 0 aromatic heterocycles. The van der Waals surface area contributed by atoms with Crippen molar-refractivity contribution in [3.63, 3.8) is 0 Å². The van der Waals surface area contributed by atoms with Crippen LogP contribution in [0.1, 0.15) is 5.56 Å². The number of halogens is 1. The van der Waals surface area contributed by atoms with E-state index in [1.165, 1.54) is 12.3 Å². The van der Waals surface area contributed by atoms with Crippen LogP contribution < -0.4 is 10.2 Å². The number of hydrogen-bond donors (Lipinski definition) is 2. The number of carbonyl (C=O) groups is 1. The highest BCUT2D eigenvalue weighted by Crippen LogP contribution is 2.19.